The van der Waals surface area contributed by atoms with Crippen LogP contribution in [0.25, 0.3) is 17.1 Å². The van der Waals surface area contributed by atoms with Crippen molar-refractivity contribution in [1.29, 1.82) is 0 Å². The van der Waals surface area contributed by atoms with E-state index in [0.29, 0.717) is 34.5 Å². The molecule has 6 rings (SSSR count). The van der Waals surface area contributed by atoms with Gasteiger partial charge in [0.2, 0.25) is 11.9 Å². The number of amides is 1. The normalized spacial score (nSPS) is 15.1. The van der Waals surface area contributed by atoms with Gasteiger partial charge in [-0.25, -0.2) is 9.67 Å². The Bertz CT molecular complexity index is 1660. The molecule has 0 aliphatic carbocycles. The van der Waals surface area contributed by atoms with Crippen molar-refractivity contribution >= 4 is 40.5 Å². The van der Waals surface area contributed by atoms with Gasteiger partial charge in [0.05, 0.1) is 54.7 Å². The van der Waals surface area contributed by atoms with Crippen molar-refractivity contribution in [2.45, 2.75) is 6.54 Å². The summed E-state index contributed by atoms with van der Waals surface area (Å²) in [5, 5.41) is 11.4. The van der Waals surface area contributed by atoms with Crippen molar-refractivity contribution in [3.8, 4) is 22.8 Å². The van der Waals surface area contributed by atoms with Gasteiger partial charge in [-0.3, -0.25) is 4.79 Å². The van der Waals surface area contributed by atoms with Crippen molar-refractivity contribution in [3.05, 3.63) is 78.1 Å². The number of hydrogen-bond donors (Lipinski definition) is 2. The topological polar surface area (TPSA) is 110 Å². The van der Waals surface area contributed by atoms with E-state index in [9.17, 15) is 4.79 Å². The minimum Gasteiger partial charge on any atom is -0.494 e. The van der Waals surface area contributed by atoms with Gasteiger partial charge in [-0.1, -0.05) is 48.5 Å². The summed E-state index contributed by atoms with van der Waals surface area (Å²) in [7, 11) is 5.62. The Hall–Kier alpha value is -4.45. The highest BCUT2D eigenvalue weighted by atomic mass is 35.5. The molecule has 1 spiro atoms. The van der Waals surface area contributed by atoms with Gasteiger partial charge in [-0.2, -0.15) is 10.1 Å². The molecule has 0 radical (unpaired) electrons. The van der Waals surface area contributed by atoms with Crippen LogP contribution in [0, 0.1) is 5.41 Å². The fourth-order valence-electron chi connectivity index (χ4n) is 5.40. The summed E-state index contributed by atoms with van der Waals surface area (Å²) in [5.41, 5.74) is 5.10. The maximum absolute atomic E-state index is 12.3. The maximum atomic E-state index is 12.3. The zero-order valence-corrected chi connectivity index (χ0v) is 25.1. The lowest BCUT2D eigenvalue weighted by Gasteiger charge is -2.56. The Labute approximate surface area is 255 Å². The van der Waals surface area contributed by atoms with E-state index in [4.69, 9.17) is 31.2 Å². The van der Waals surface area contributed by atoms with Gasteiger partial charge in [-0.05, 0) is 26.2 Å². The molecule has 0 unspecified atom stereocenters. The molecule has 2 aromatic heterocycles. The third-order valence-corrected chi connectivity index (χ3v) is 7.75. The van der Waals surface area contributed by atoms with Crippen LogP contribution in [-0.4, -0.2) is 78.1 Å². The minimum absolute atomic E-state index is 0.191. The van der Waals surface area contributed by atoms with Crippen LogP contribution in [0.2, 0.25) is 5.02 Å². The summed E-state index contributed by atoms with van der Waals surface area (Å²) >= 11 is 6.60. The number of carbonyl (C=O) groups excluding carboxylic acids is 1. The first-order valence-corrected chi connectivity index (χ1v) is 14.2. The largest absolute Gasteiger partial charge is 0.494 e. The summed E-state index contributed by atoms with van der Waals surface area (Å²) in [6.45, 7) is 7.48. The molecule has 4 aromatic rings. The molecular formula is C31H33ClN8O3. The molecule has 43 heavy (non-hydrogen) atoms. The quantitative estimate of drug-likeness (QED) is 0.249. The lowest BCUT2D eigenvalue weighted by Crippen LogP contribution is -2.66. The lowest BCUT2D eigenvalue weighted by molar-refractivity contribution is -0.127. The van der Waals surface area contributed by atoms with Crippen molar-refractivity contribution in [2.24, 2.45) is 5.41 Å². The van der Waals surface area contributed by atoms with Crippen LogP contribution >= 0.6 is 11.6 Å². The number of rotatable bonds is 10. The first-order valence-electron chi connectivity index (χ1n) is 13.8. The zero-order valence-electron chi connectivity index (χ0n) is 24.3. The van der Waals surface area contributed by atoms with Gasteiger partial charge in [0.25, 0.3) is 0 Å². The van der Waals surface area contributed by atoms with E-state index in [1.54, 1.807) is 11.8 Å². The van der Waals surface area contributed by atoms with E-state index >= 15 is 0 Å². The molecule has 12 heteroatoms. The van der Waals surface area contributed by atoms with Crippen LogP contribution in [0.3, 0.4) is 0 Å². The van der Waals surface area contributed by atoms with Crippen LogP contribution in [0.1, 0.15) is 5.56 Å². The second kappa shape index (κ2) is 11.7. The van der Waals surface area contributed by atoms with Crippen LogP contribution in [0.4, 0.5) is 23.0 Å². The number of ether oxygens (including phenoxy) is 2. The first kappa shape index (κ1) is 28.7. The van der Waals surface area contributed by atoms with Gasteiger partial charge >= 0.3 is 0 Å². The molecule has 2 aromatic carbocycles. The molecule has 0 saturated carbocycles. The average Bonchev–Trinajstić information content (AvgIpc) is 3.36. The van der Waals surface area contributed by atoms with E-state index in [2.05, 4.69) is 32.0 Å². The van der Waals surface area contributed by atoms with Crippen LogP contribution in [0.15, 0.2) is 67.5 Å². The molecule has 2 fully saturated rings. The second-order valence-corrected chi connectivity index (χ2v) is 11.6. The third-order valence-electron chi connectivity index (χ3n) is 7.48. The standard InChI is InChI=1S/C31H33ClN8O3/c1-5-27(41)34-23-11-24(26(42-4)12-25(23)39-16-31(17-39)18-43-19-31)35-30-33-13-22(32)29(36-30)40-15-21(14-38(2)3)28(37-40)20-9-7-6-8-10-20/h5-13,15H,1,14,16-19H2,2-4H3,(H,34,41)(H,33,35,36). The SMILES string of the molecule is C=CC(=O)Nc1cc(Nc2ncc(Cl)c(-n3cc(CN(C)C)c(-c4ccccc4)n3)n2)c(OC)cc1N1CC2(COC2)C1. The maximum Gasteiger partial charge on any atom is 0.247 e. The van der Waals surface area contributed by atoms with Gasteiger partial charge in [-0.15, -0.1) is 0 Å². The number of halogens is 1. The number of aromatic nitrogens is 4. The molecule has 2 saturated heterocycles. The molecule has 11 nitrogen and oxygen atoms in total. The van der Waals surface area contributed by atoms with Gasteiger partial charge in [0, 0.05) is 43.0 Å². The second-order valence-electron chi connectivity index (χ2n) is 11.2. The molecule has 4 heterocycles. The number of benzene rings is 2. The highest BCUT2D eigenvalue weighted by Crippen LogP contribution is 2.45. The first-order chi connectivity index (χ1) is 20.8. The number of methoxy groups -OCH3 is 1. The fraction of sp³-hybridized carbons (Fsp3) is 0.290. The Morgan fingerprint density at radius 2 is 1.98 bits per heavy atom. The summed E-state index contributed by atoms with van der Waals surface area (Å²) in [6, 6.07) is 13.7. The summed E-state index contributed by atoms with van der Waals surface area (Å²) in [6.07, 6.45) is 4.71. The van der Waals surface area contributed by atoms with E-state index in [1.807, 2.05) is 62.8 Å². The van der Waals surface area contributed by atoms with E-state index in [-0.39, 0.29) is 17.3 Å². The fourth-order valence-corrected chi connectivity index (χ4v) is 5.58. The Kier molecular flexibility index (Phi) is 7.78. The number of nitrogens with one attached hydrogen (secondary N) is 2. The van der Waals surface area contributed by atoms with E-state index in [0.717, 1.165) is 48.8 Å². The predicted molar refractivity (Wildman–Crippen MR) is 168 cm³/mol. The summed E-state index contributed by atoms with van der Waals surface area (Å²) in [5.74, 6) is 0.958. The average molecular weight is 601 g/mol. The smallest absolute Gasteiger partial charge is 0.247 e. The highest BCUT2D eigenvalue weighted by Gasteiger charge is 2.49. The zero-order chi connectivity index (χ0) is 30.1. The Balaban J connectivity index is 1.34. The van der Waals surface area contributed by atoms with E-state index in [1.165, 1.54) is 12.3 Å². The molecule has 2 aliphatic rings. The lowest BCUT2D eigenvalue weighted by atomic mass is 9.77. The van der Waals surface area contributed by atoms with Crippen LogP contribution < -0.4 is 20.3 Å². The number of carbonyl (C=O) groups is 1. The summed E-state index contributed by atoms with van der Waals surface area (Å²) < 4.78 is 12.9. The Morgan fingerprint density at radius 3 is 2.63 bits per heavy atom. The molecule has 2 N–H and O–H groups in total. The number of nitrogens with zero attached hydrogens (tertiary/aromatic N) is 6. The molecule has 1 amide bonds. The van der Waals surface area contributed by atoms with E-state index < -0.39 is 0 Å². The Morgan fingerprint density at radius 1 is 1.21 bits per heavy atom. The van der Waals surface area contributed by atoms with Crippen LogP contribution in [-0.2, 0) is 16.1 Å². The summed E-state index contributed by atoms with van der Waals surface area (Å²) in [4.78, 5) is 25.8. The number of hydrogen-bond acceptors (Lipinski definition) is 9. The monoisotopic (exact) mass is 600 g/mol. The molecular weight excluding hydrogens is 568 g/mol. The van der Waals surface area contributed by atoms with Crippen molar-refractivity contribution in [2.75, 3.05) is 63.0 Å². The van der Waals surface area contributed by atoms with Crippen molar-refractivity contribution < 1.29 is 14.3 Å². The predicted octanol–water partition coefficient (Wildman–Crippen LogP) is 4.76. The highest BCUT2D eigenvalue weighted by molar-refractivity contribution is 6.32. The van der Waals surface area contributed by atoms with Crippen molar-refractivity contribution in [1.82, 2.24) is 24.6 Å². The van der Waals surface area contributed by atoms with Crippen molar-refractivity contribution in [3.63, 3.8) is 0 Å². The minimum atomic E-state index is -0.314. The number of anilines is 4. The van der Waals surface area contributed by atoms with Gasteiger partial charge in [0.15, 0.2) is 5.82 Å². The molecule has 2 aliphatic heterocycles. The third kappa shape index (κ3) is 5.79. The van der Waals surface area contributed by atoms with Crippen LogP contribution in [0.5, 0.6) is 5.75 Å². The van der Waals surface area contributed by atoms with Gasteiger partial charge in [0.1, 0.15) is 10.8 Å². The molecule has 222 valence electrons. The molecule has 0 bridgehead atoms. The van der Waals surface area contributed by atoms with Gasteiger partial charge < -0.3 is 29.9 Å². The molecule has 0 atom stereocenters.